The van der Waals surface area contributed by atoms with Gasteiger partial charge in [0.25, 0.3) is 0 Å². The second-order valence-corrected chi connectivity index (χ2v) is 2.37. The van der Waals surface area contributed by atoms with E-state index >= 15 is 0 Å². The minimum atomic E-state index is -0.257. The molecule has 58 valence electrons. The zero-order valence-electron chi connectivity index (χ0n) is 6.13. The van der Waals surface area contributed by atoms with Crippen LogP contribution in [0.2, 0.25) is 0 Å². The van der Waals surface area contributed by atoms with Gasteiger partial charge in [0.15, 0.2) is 0 Å². The molecule has 0 bridgehead atoms. The van der Waals surface area contributed by atoms with Gasteiger partial charge in [0.1, 0.15) is 6.61 Å². The van der Waals surface area contributed by atoms with Crippen LogP contribution in [0.25, 0.3) is 0 Å². The van der Waals surface area contributed by atoms with Crippen LogP contribution in [0.5, 0.6) is 0 Å². The summed E-state index contributed by atoms with van der Waals surface area (Å²) in [5, 5.41) is 0. The molecule has 10 heavy (non-hydrogen) atoms. The lowest BCUT2D eigenvalue weighted by molar-refractivity contribution is -0.143. The quantitative estimate of drug-likeness (QED) is 0.556. The van der Waals surface area contributed by atoms with E-state index in [1.807, 2.05) is 0 Å². The summed E-state index contributed by atoms with van der Waals surface area (Å²) in [7, 11) is 0. The molecular formula is C7H12O3. The molecule has 0 aromatic rings. The molecule has 1 aliphatic heterocycles. The molecule has 3 heteroatoms. The third-order valence-corrected chi connectivity index (χ3v) is 1.44. The highest BCUT2D eigenvalue weighted by molar-refractivity contribution is 5.72. The molecule has 1 fully saturated rings. The fraction of sp³-hybridized carbons (Fsp3) is 0.857. The van der Waals surface area contributed by atoms with Crippen LogP contribution in [0, 0.1) is 0 Å². The molecular weight excluding hydrogens is 132 g/mol. The van der Waals surface area contributed by atoms with E-state index in [0.717, 1.165) is 19.3 Å². The van der Waals surface area contributed by atoms with Gasteiger partial charge >= 0.3 is 5.97 Å². The zero-order valence-corrected chi connectivity index (χ0v) is 6.13. The van der Waals surface area contributed by atoms with E-state index in [1.165, 1.54) is 0 Å². The molecule has 0 radical (unpaired) electrons. The lowest BCUT2D eigenvalue weighted by Gasteiger charge is -2.05. The molecule has 1 rings (SSSR count). The van der Waals surface area contributed by atoms with E-state index in [-0.39, 0.29) is 18.9 Å². The number of rotatable bonds is 3. The SMILES string of the molecule is CCCC[C@H]1OCC(=O)O1. The van der Waals surface area contributed by atoms with Gasteiger partial charge in [-0.05, 0) is 6.42 Å². The predicted molar refractivity (Wildman–Crippen MR) is 35.4 cm³/mol. The Hall–Kier alpha value is -0.570. The Morgan fingerprint density at radius 3 is 3.00 bits per heavy atom. The summed E-state index contributed by atoms with van der Waals surface area (Å²) in [6, 6.07) is 0. The number of carbonyl (C=O) groups is 1. The van der Waals surface area contributed by atoms with Crippen molar-refractivity contribution in [2.45, 2.75) is 32.5 Å². The van der Waals surface area contributed by atoms with Crippen LogP contribution >= 0.6 is 0 Å². The predicted octanol–water partition coefficient (Wildman–Crippen LogP) is 1.08. The second-order valence-electron chi connectivity index (χ2n) is 2.37. The van der Waals surface area contributed by atoms with Gasteiger partial charge in [0, 0.05) is 6.42 Å². The molecule has 0 aromatic carbocycles. The second kappa shape index (κ2) is 3.56. The van der Waals surface area contributed by atoms with E-state index < -0.39 is 0 Å². The highest BCUT2D eigenvalue weighted by Gasteiger charge is 2.22. The number of unbranched alkanes of at least 4 members (excludes halogenated alkanes) is 1. The van der Waals surface area contributed by atoms with Crippen LogP contribution in [0.3, 0.4) is 0 Å². The molecule has 0 saturated carbocycles. The van der Waals surface area contributed by atoms with Gasteiger partial charge in [-0.3, -0.25) is 0 Å². The van der Waals surface area contributed by atoms with Crippen molar-refractivity contribution in [3.63, 3.8) is 0 Å². The van der Waals surface area contributed by atoms with Crippen molar-refractivity contribution >= 4 is 5.97 Å². The van der Waals surface area contributed by atoms with Crippen LogP contribution < -0.4 is 0 Å². The highest BCUT2D eigenvalue weighted by Crippen LogP contribution is 2.11. The Morgan fingerprint density at radius 1 is 1.70 bits per heavy atom. The van der Waals surface area contributed by atoms with Crippen molar-refractivity contribution < 1.29 is 14.3 Å². The van der Waals surface area contributed by atoms with Gasteiger partial charge < -0.3 is 9.47 Å². The lowest BCUT2D eigenvalue weighted by Crippen LogP contribution is -2.07. The normalized spacial score (nSPS) is 24.9. The first kappa shape index (κ1) is 7.54. The first-order chi connectivity index (χ1) is 4.83. The fourth-order valence-corrected chi connectivity index (χ4v) is 0.889. The van der Waals surface area contributed by atoms with Crippen molar-refractivity contribution in [3.8, 4) is 0 Å². The van der Waals surface area contributed by atoms with Gasteiger partial charge in [-0.15, -0.1) is 0 Å². The summed E-state index contributed by atoms with van der Waals surface area (Å²) in [4.78, 5) is 10.5. The van der Waals surface area contributed by atoms with E-state index in [4.69, 9.17) is 9.47 Å². The number of cyclic esters (lactones) is 1. The Morgan fingerprint density at radius 2 is 2.50 bits per heavy atom. The summed E-state index contributed by atoms with van der Waals surface area (Å²) >= 11 is 0. The Balaban J connectivity index is 2.12. The van der Waals surface area contributed by atoms with E-state index in [0.29, 0.717) is 0 Å². The van der Waals surface area contributed by atoms with Gasteiger partial charge in [-0.1, -0.05) is 13.3 Å². The summed E-state index contributed by atoms with van der Waals surface area (Å²) in [5.41, 5.74) is 0. The van der Waals surface area contributed by atoms with Gasteiger partial charge in [-0.2, -0.15) is 0 Å². The summed E-state index contributed by atoms with van der Waals surface area (Å²) in [5.74, 6) is -0.235. The molecule has 1 atom stereocenters. The lowest BCUT2D eigenvalue weighted by atomic mass is 10.2. The van der Waals surface area contributed by atoms with Gasteiger partial charge in [0.2, 0.25) is 6.29 Å². The van der Waals surface area contributed by atoms with Crippen molar-refractivity contribution in [3.05, 3.63) is 0 Å². The smallest absolute Gasteiger partial charge is 0.334 e. The molecule has 0 aromatic heterocycles. The van der Waals surface area contributed by atoms with Crippen LogP contribution in [0.1, 0.15) is 26.2 Å². The van der Waals surface area contributed by atoms with E-state index in [2.05, 4.69) is 6.92 Å². The van der Waals surface area contributed by atoms with Crippen molar-refractivity contribution in [2.75, 3.05) is 6.61 Å². The Bertz CT molecular complexity index is 122. The van der Waals surface area contributed by atoms with Crippen molar-refractivity contribution in [2.24, 2.45) is 0 Å². The van der Waals surface area contributed by atoms with Crippen molar-refractivity contribution in [1.82, 2.24) is 0 Å². The average molecular weight is 144 g/mol. The van der Waals surface area contributed by atoms with Gasteiger partial charge in [-0.25, -0.2) is 4.79 Å². The molecule has 1 heterocycles. The van der Waals surface area contributed by atoms with Crippen LogP contribution in [0.4, 0.5) is 0 Å². The summed E-state index contributed by atoms with van der Waals surface area (Å²) in [6.07, 6.45) is 2.74. The maximum atomic E-state index is 10.5. The van der Waals surface area contributed by atoms with Crippen LogP contribution in [-0.2, 0) is 14.3 Å². The first-order valence-corrected chi connectivity index (χ1v) is 3.64. The molecule has 0 aliphatic carbocycles. The maximum Gasteiger partial charge on any atom is 0.334 e. The number of carbonyl (C=O) groups excluding carboxylic acids is 1. The number of hydrogen-bond acceptors (Lipinski definition) is 3. The number of ether oxygens (including phenoxy) is 2. The standard InChI is InChI=1S/C7H12O3/c1-2-3-4-7-9-5-6(8)10-7/h7H,2-5H2,1H3/t7-/m0/s1. The van der Waals surface area contributed by atoms with Gasteiger partial charge in [0.05, 0.1) is 0 Å². The third kappa shape index (κ3) is 1.99. The monoisotopic (exact) mass is 144 g/mol. The average Bonchev–Trinajstić information content (AvgIpc) is 2.31. The minimum Gasteiger partial charge on any atom is -0.434 e. The van der Waals surface area contributed by atoms with E-state index in [9.17, 15) is 4.79 Å². The Kier molecular flexibility index (Phi) is 2.68. The third-order valence-electron chi connectivity index (χ3n) is 1.44. The molecule has 3 nitrogen and oxygen atoms in total. The van der Waals surface area contributed by atoms with Crippen LogP contribution in [-0.4, -0.2) is 18.9 Å². The van der Waals surface area contributed by atoms with E-state index in [1.54, 1.807) is 0 Å². The first-order valence-electron chi connectivity index (χ1n) is 3.64. The Labute approximate surface area is 60.3 Å². The summed E-state index contributed by atoms with van der Waals surface area (Å²) in [6.45, 7) is 2.23. The summed E-state index contributed by atoms with van der Waals surface area (Å²) < 4.78 is 9.80. The highest BCUT2D eigenvalue weighted by atomic mass is 16.7. The molecule has 0 unspecified atom stereocenters. The molecule has 0 spiro atoms. The molecule has 1 aliphatic rings. The zero-order chi connectivity index (χ0) is 7.40. The fourth-order valence-electron chi connectivity index (χ4n) is 0.889. The minimum absolute atomic E-state index is 0.133. The molecule has 0 amide bonds. The molecule has 1 saturated heterocycles. The number of esters is 1. The molecule has 0 N–H and O–H groups in total. The number of hydrogen-bond donors (Lipinski definition) is 0. The maximum absolute atomic E-state index is 10.5. The van der Waals surface area contributed by atoms with Crippen LogP contribution in [0.15, 0.2) is 0 Å². The van der Waals surface area contributed by atoms with Crippen molar-refractivity contribution in [1.29, 1.82) is 0 Å². The topological polar surface area (TPSA) is 35.5 Å². The largest absolute Gasteiger partial charge is 0.434 e.